The Kier molecular flexibility index (Phi) is 5.58. The van der Waals surface area contributed by atoms with Gasteiger partial charge < -0.3 is 20.4 Å². The van der Waals surface area contributed by atoms with E-state index < -0.39 is 0 Å². The van der Waals surface area contributed by atoms with E-state index in [1.54, 1.807) is 0 Å². The van der Waals surface area contributed by atoms with Gasteiger partial charge in [-0.1, -0.05) is 12.1 Å². The third-order valence-corrected chi connectivity index (χ3v) is 4.77. The van der Waals surface area contributed by atoms with Crippen LogP contribution in [0.25, 0.3) is 10.9 Å². The van der Waals surface area contributed by atoms with Gasteiger partial charge in [0.05, 0.1) is 25.7 Å². The zero-order chi connectivity index (χ0) is 18.7. The van der Waals surface area contributed by atoms with Crippen molar-refractivity contribution >= 4 is 22.7 Å². The van der Waals surface area contributed by atoms with E-state index in [1.807, 2.05) is 35.2 Å². The molecule has 2 heterocycles. The van der Waals surface area contributed by atoms with Crippen molar-refractivity contribution in [1.29, 1.82) is 0 Å². The zero-order valence-corrected chi connectivity index (χ0v) is 15.3. The van der Waals surface area contributed by atoms with Gasteiger partial charge in [0, 0.05) is 36.7 Å². The summed E-state index contributed by atoms with van der Waals surface area (Å²) in [6, 6.07) is 6.09. The number of nitrogens with zero attached hydrogens (tertiary/aromatic N) is 2. The SMILES string of the molecule is Cc1cccc2[nH]cc(CC(=O)N3CCOC(CN(C)CC(N)=O)C3)c12. The fraction of sp³-hybridized carbons (Fsp3) is 0.474. The van der Waals surface area contributed by atoms with E-state index in [1.165, 1.54) is 5.56 Å². The molecule has 1 unspecified atom stereocenters. The number of carbonyl (C=O) groups excluding carboxylic acids is 2. The number of aromatic amines is 1. The number of nitrogens with two attached hydrogens (primary N) is 1. The van der Waals surface area contributed by atoms with Gasteiger partial charge in [0.1, 0.15) is 0 Å². The largest absolute Gasteiger partial charge is 0.373 e. The van der Waals surface area contributed by atoms with Crippen LogP contribution in [0, 0.1) is 6.92 Å². The molecule has 3 N–H and O–H groups in total. The Labute approximate surface area is 153 Å². The number of ether oxygens (including phenoxy) is 1. The number of fused-ring (bicyclic) bond motifs is 1. The molecule has 1 aromatic heterocycles. The number of carbonyl (C=O) groups is 2. The highest BCUT2D eigenvalue weighted by atomic mass is 16.5. The smallest absolute Gasteiger partial charge is 0.231 e. The van der Waals surface area contributed by atoms with Gasteiger partial charge in [0.25, 0.3) is 0 Å². The third-order valence-electron chi connectivity index (χ3n) is 4.77. The number of primary amides is 1. The Morgan fingerprint density at radius 2 is 2.23 bits per heavy atom. The Bertz CT molecular complexity index is 801. The fourth-order valence-corrected chi connectivity index (χ4v) is 3.60. The predicted molar refractivity (Wildman–Crippen MR) is 99.8 cm³/mol. The summed E-state index contributed by atoms with van der Waals surface area (Å²) in [6.07, 6.45) is 2.18. The average molecular weight is 358 g/mol. The second kappa shape index (κ2) is 7.88. The Morgan fingerprint density at radius 1 is 1.42 bits per heavy atom. The number of morpholine rings is 1. The molecule has 0 radical (unpaired) electrons. The molecule has 1 aliphatic heterocycles. The van der Waals surface area contributed by atoms with E-state index in [0.717, 1.165) is 16.5 Å². The number of nitrogens with one attached hydrogen (secondary N) is 1. The number of amides is 2. The number of H-pyrrole nitrogens is 1. The van der Waals surface area contributed by atoms with E-state index in [2.05, 4.69) is 18.0 Å². The van der Waals surface area contributed by atoms with Crippen LogP contribution in [0.2, 0.25) is 0 Å². The molecule has 0 spiro atoms. The number of aryl methyl sites for hydroxylation is 1. The molecular formula is C19H26N4O3. The van der Waals surface area contributed by atoms with Crippen LogP contribution in [0.5, 0.6) is 0 Å². The van der Waals surface area contributed by atoms with Gasteiger partial charge in [-0.25, -0.2) is 0 Å². The lowest BCUT2D eigenvalue weighted by Crippen LogP contribution is -2.50. The van der Waals surface area contributed by atoms with Crippen molar-refractivity contribution in [3.8, 4) is 0 Å². The lowest BCUT2D eigenvalue weighted by atomic mass is 10.0. The summed E-state index contributed by atoms with van der Waals surface area (Å²) in [4.78, 5) is 30.7. The highest BCUT2D eigenvalue weighted by Gasteiger charge is 2.26. The molecule has 26 heavy (non-hydrogen) atoms. The van der Waals surface area contributed by atoms with Crippen LogP contribution in [0.3, 0.4) is 0 Å². The van der Waals surface area contributed by atoms with Crippen molar-refractivity contribution in [2.45, 2.75) is 19.4 Å². The molecule has 0 bridgehead atoms. The number of benzene rings is 1. The quantitative estimate of drug-likeness (QED) is 0.794. The first-order chi connectivity index (χ1) is 12.4. The Balaban J connectivity index is 1.63. The highest BCUT2D eigenvalue weighted by Crippen LogP contribution is 2.23. The summed E-state index contributed by atoms with van der Waals surface area (Å²) in [5.74, 6) is -0.272. The van der Waals surface area contributed by atoms with Gasteiger partial charge in [-0.2, -0.15) is 0 Å². The number of hydrogen-bond acceptors (Lipinski definition) is 4. The van der Waals surface area contributed by atoms with Crippen LogP contribution in [0.1, 0.15) is 11.1 Å². The highest BCUT2D eigenvalue weighted by molar-refractivity contribution is 5.91. The summed E-state index contributed by atoms with van der Waals surface area (Å²) < 4.78 is 5.74. The molecule has 0 aliphatic carbocycles. The van der Waals surface area contributed by atoms with E-state index >= 15 is 0 Å². The standard InChI is InChI=1S/C19H26N4O3/c1-13-4-3-5-16-19(13)14(9-21-16)8-18(25)23-6-7-26-15(11-23)10-22(2)12-17(20)24/h3-5,9,15,21H,6-8,10-12H2,1-2H3,(H2,20,24). The van der Waals surface area contributed by atoms with Gasteiger partial charge in [0.2, 0.25) is 11.8 Å². The summed E-state index contributed by atoms with van der Waals surface area (Å²) in [6.45, 7) is 4.44. The first-order valence-electron chi connectivity index (χ1n) is 8.86. The van der Waals surface area contributed by atoms with Crippen LogP contribution in [-0.4, -0.2) is 72.5 Å². The Morgan fingerprint density at radius 3 is 3.00 bits per heavy atom. The number of aromatic nitrogens is 1. The molecule has 1 saturated heterocycles. The zero-order valence-electron chi connectivity index (χ0n) is 15.3. The molecule has 1 aromatic carbocycles. The third kappa shape index (κ3) is 4.23. The first kappa shape index (κ1) is 18.4. The van der Waals surface area contributed by atoms with Gasteiger partial charge in [0.15, 0.2) is 0 Å². The van der Waals surface area contributed by atoms with Gasteiger partial charge in [-0.3, -0.25) is 14.5 Å². The lowest BCUT2D eigenvalue weighted by Gasteiger charge is -2.34. The molecule has 1 aliphatic rings. The minimum Gasteiger partial charge on any atom is -0.373 e. The predicted octanol–water partition coefficient (Wildman–Crippen LogP) is 0.663. The first-order valence-corrected chi connectivity index (χ1v) is 8.86. The average Bonchev–Trinajstić information content (AvgIpc) is 2.98. The summed E-state index contributed by atoms with van der Waals surface area (Å²) in [5, 5.41) is 1.13. The molecule has 140 valence electrons. The monoisotopic (exact) mass is 358 g/mol. The van der Waals surface area contributed by atoms with Crippen molar-refractivity contribution in [3.05, 3.63) is 35.5 Å². The van der Waals surface area contributed by atoms with Crippen LogP contribution >= 0.6 is 0 Å². The van der Waals surface area contributed by atoms with Gasteiger partial charge >= 0.3 is 0 Å². The van der Waals surface area contributed by atoms with E-state index in [0.29, 0.717) is 32.7 Å². The Hall–Kier alpha value is -2.38. The number of rotatable bonds is 6. The molecule has 2 amide bonds. The maximum absolute atomic E-state index is 12.8. The van der Waals surface area contributed by atoms with Crippen LogP contribution in [0.4, 0.5) is 0 Å². The maximum Gasteiger partial charge on any atom is 0.231 e. The van der Waals surface area contributed by atoms with Gasteiger partial charge in [-0.05, 0) is 31.2 Å². The second-order valence-electron chi connectivity index (χ2n) is 6.98. The fourth-order valence-electron chi connectivity index (χ4n) is 3.60. The van der Waals surface area contributed by atoms with Crippen molar-refractivity contribution in [2.24, 2.45) is 5.73 Å². The second-order valence-corrected chi connectivity index (χ2v) is 6.98. The molecule has 7 nitrogen and oxygen atoms in total. The molecule has 1 atom stereocenters. The molecule has 2 aromatic rings. The van der Waals surface area contributed by atoms with E-state index in [-0.39, 0.29) is 24.5 Å². The molecular weight excluding hydrogens is 332 g/mol. The minimum absolute atomic E-state index is 0.0972. The lowest BCUT2D eigenvalue weighted by molar-refractivity contribution is -0.139. The minimum atomic E-state index is -0.369. The van der Waals surface area contributed by atoms with Crippen molar-refractivity contribution < 1.29 is 14.3 Å². The molecule has 0 saturated carbocycles. The topological polar surface area (TPSA) is 91.7 Å². The van der Waals surface area contributed by atoms with E-state index in [4.69, 9.17) is 10.5 Å². The summed E-state index contributed by atoms with van der Waals surface area (Å²) in [5.41, 5.74) is 8.47. The van der Waals surface area contributed by atoms with Crippen LogP contribution in [0.15, 0.2) is 24.4 Å². The summed E-state index contributed by atoms with van der Waals surface area (Å²) >= 11 is 0. The van der Waals surface area contributed by atoms with Crippen molar-refractivity contribution in [1.82, 2.24) is 14.8 Å². The molecule has 1 fully saturated rings. The van der Waals surface area contributed by atoms with Gasteiger partial charge in [-0.15, -0.1) is 0 Å². The van der Waals surface area contributed by atoms with Crippen LogP contribution in [-0.2, 0) is 20.7 Å². The van der Waals surface area contributed by atoms with Crippen molar-refractivity contribution in [3.63, 3.8) is 0 Å². The van der Waals surface area contributed by atoms with E-state index in [9.17, 15) is 9.59 Å². The molecule has 7 heteroatoms. The van der Waals surface area contributed by atoms with Crippen LogP contribution < -0.4 is 5.73 Å². The normalized spacial score (nSPS) is 17.8. The van der Waals surface area contributed by atoms with Crippen molar-refractivity contribution in [2.75, 3.05) is 39.8 Å². The maximum atomic E-state index is 12.8. The summed E-state index contributed by atoms with van der Waals surface area (Å²) in [7, 11) is 1.82. The number of hydrogen-bond donors (Lipinski definition) is 2. The number of likely N-dealkylation sites (N-methyl/N-ethyl adjacent to an activating group) is 1. The molecule has 3 rings (SSSR count).